The first-order valence-corrected chi connectivity index (χ1v) is 16.6. The molecule has 0 radical (unpaired) electrons. The van der Waals surface area contributed by atoms with Crippen molar-refractivity contribution in [1.82, 2.24) is 4.57 Å². The molecule has 0 amide bonds. The second kappa shape index (κ2) is 16.4. The second-order valence-corrected chi connectivity index (χ2v) is 12.9. The first-order valence-electron chi connectivity index (χ1n) is 15.3. The fourth-order valence-electron chi connectivity index (χ4n) is 5.17. The van der Waals surface area contributed by atoms with Crippen molar-refractivity contribution in [2.45, 2.75) is 58.4 Å². The molecule has 4 aromatic carbocycles. The van der Waals surface area contributed by atoms with Gasteiger partial charge in [-0.15, -0.1) is 16.7 Å². The number of carbonyl (C=O) groups is 2. The number of thioether (sulfide) groups is 1. The maximum Gasteiger partial charge on any atom is 0.193 e. The van der Waals surface area contributed by atoms with Crippen LogP contribution in [0.1, 0.15) is 71.9 Å². The summed E-state index contributed by atoms with van der Waals surface area (Å²) < 4.78 is 2.24. The predicted molar refractivity (Wildman–Crippen MR) is 187 cm³/mol. The molecule has 0 fully saturated rings. The molecule has 45 heavy (non-hydrogen) atoms. The van der Waals surface area contributed by atoms with Gasteiger partial charge in [-0.25, -0.2) is 0 Å². The van der Waals surface area contributed by atoms with Crippen LogP contribution in [0, 0.1) is 17.7 Å². The summed E-state index contributed by atoms with van der Waals surface area (Å²) >= 11 is 7.69. The van der Waals surface area contributed by atoms with Crippen molar-refractivity contribution in [2.24, 2.45) is 11.3 Å². The predicted octanol–water partition coefficient (Wildman–Crippen LogP) is 10.5. The lowest BCUT2D eigenvalue weighted by molar-refractivity contribution is 0.0981. The molecule has 0 unspecified atom stereocenters. The number of hydrogen-bond donors (Lipinski definition) is 0. The number of hydrogen-bond acceptors (Lipinski definition) is 6. The first-order chi connectivity index (χ1) is 21.7. The Morgan fingerprint density at radius 3 is 2.18 bits per heavy atom. The van der Waals surface area contributed by atoms with Gasteiger partial charge in [-0.3, -0.25) is 9.59 Å². The van der Waals surface area contributed by atoms with Crippen molar-refractivity contribution in [2.75, 3.05) is 12.4 Å². The molecule has 6 nitrogen and oxygen atoms in total. The molecule has 5 rings (SSSR count). The van der Waals surface area contributed by atoms with Crippen LogP contribution in [0.25, 0.3) is 21.8 Å². The molecule has 0 spiro atoms. The Balaban J connectivity index is 0.000000510. The molecule has 0 aliphatic rings. The lowest BCUT2D eigenvalue weighted by Gasteiger charge is -2.06. The van der Waals surface area contributed by atoms with Crippen LogP contribution in [0.5, 0.6) is 0 Å². The lowest BCUT2D eigenvalue weighted by atomic mass is 9.97. The van der Waals surface area contributed by atoms with Crippen LogP contribution < -0.4 is 0 Å². The third kappa shape index (κ3) is 8.83. The van der Waals surface area contributed by atoms with E-state index in [9.17, 15) is 14.5 Å². The Bertz CT molecular complexity index is 1780. The number of aryl methyl sites for hydroxylation is 2. The molecular formula is C37H39ClN2O4S. The van der Waals surface area contributed by atoms with Crippen molar-refractivity contribution >= 4 is 56.7 Å². The zero-order chi connectivity index (χ0) is 32.3. The van der Waals surface area contributed by atoms with Gasteiger partial charge in [0, 0.05) is 61.4 Å². The van der Waals surface area contributed by atoms with E-state index in [0.717, 1.165) is 68.0 Å². The SMILES string of the molecule is CC(C)CCON=O.CCn1c2ccc(C(=O)CCCSc3ccc(Cl)cc3)cc2c2cc(C(=O)c3ccccc3C)ccc21. The first kappa shape index (κ1) is 33.9. The average Bonchev–Trinajstić information content (AvgIpc) is 3.36. The number of benzene rings is 4. The molecule has 0 aliphatic carbocycles. The Morgan fingerprint density at radius 1 is 0.911 bits per heavy atom. The van der Waals surface area contributed by atoms with Crippen LogP contribution in [-0.2, 0) is 11.4 Å². The molecule has 0 N–H and O–H groups in total. The normalized spacial score (nSPS) is 11.0. The van der Waals surface area contributed by atoms with Crippen LogP contribution in [-0.4, -0.2) is 28.5 Å². The van der Waals surface area contributed by atoms with Crippen LogP contribution in [0.15, 0.2) is 95.2 Å². The average molecular weight is 643 g/mol. The van der Waals surface area contributed by atoms with Crippen LogP contribution in [0.3, 0.4) is 0 Å². The molecule has 1 aromatic heterocycles. The number of carbonyl (C=O) groups excluding carboxylic acids is 2. The molecule has 5 aromatic rings. The topological polar surface area (TPSA) is 77.7 Å². The fraction of sp³-hybridized carbons (Fsp3) is 0.297. The third-order valence-corrected chi connectivity index (χ3v) is 8.97. The molecular weight excluding hydrogens is 604 g/mol. The zero-order valence-electron chi connectivity index (χ0n) is 26.2. The minimum absolute atomic E-state index is 0.0165. The summed E-state index contributed by atoms with van der Waals surface area (Å²) in [5.41, 5.74) is 5.21. The van der Waals surface area contributed by atoms with Gasteiger partial charge in [0.1, 0.15) is 6.61 Å². The zero-order valence-corrected chi connectivity index (χ0v) is 27.8. The number of aromatic nitrogens is 1. The third-order valence-electron chi connectivity index (χ3n) is 7.62. The van der Waals surface area contributed by atoms with Gasteiger partial charge < -0.3 is 9.40 Å². The van der Waals surface area contributed by atoms with Gasteiger partial charge in [0.15, 0.2) is 16.9 Å². The van der Waals surface area contributed by atoms with Gasteiger partial charge in [0.05, 0.1) is 0 Å². The number of ketones is 2. The lowest BCUT2D eigenvalue weighted by Crippen LogP contribution is -2.03. The Kier molecular flexibility index (Phi) is 12.4. The van der Waals surface area contributed by atoms with Gasteiger partial charge in [-0.1, -0.05) is 49.7 Å². The summed E-state index contributed by atoms with van der Waals surface area (Å²) in [6, 6.07) is 27.3. The van der Waals surface area contributed by atoms with E-state index in [-0.39, 0.29) is 11.6 Å². The highest BCUT2D eigenvalue weighted by molar-refractivity contribution is 7.99. The second-order valence-electron chi connectivity index (χ2n) is 11.3. The standard InChI is InChI=1S/C32H28ClNO2S.C5H11NO2/c1-3-34-29-16-10-22(31(35)9-6-18-37-25-14-12-24(33)13-15-25)19-27(29)28-20-23(11-17-30(28)34)32(36)26-8-5-4-7-21(26)2;1-5(2)3-4-8-6-7/h4-5,7-8,10-17,19-20H,3,6,9,18H2,1-2H3;5H,3-4H2,1-2H3. The van der Waals surface area contributed by atoms with Gasteiger partial charge in [0.25, 0.3) is 0 Å². The molecule has 0 atom stereocenters. The number of nitrogens with zero attached hydrogens (tertiary/aromatic N) is 2. The van der Waals surface area contributed by atoms with E-state index in [1.165, 1.54) is 0 Å². The molecule has 0 saturated heterocycles. The van der Waals surface area contributed by atoms with Gasteiger partial charge in [0.2, 0.25) is 0 Å². The van der Waals surface area contributed by atoms with E-state index >= 15 is 0 Å². The van der Waals surface area contributed by atoms with Crippen molar-refractivity contribution in [3.05, 3.63) is 117 Å². The maximum atomic E-state index is 13.3. The molecule has 8 heteroatoms. The summed E-state index contributed by atoms with van der Waals surface area (Å²) in [4.78, 5) is 41.0. The highest BCUT2D eigenvalue weighted by Crippen LogP contribution is 2.32. The monoisotopic (exact) mass is 642 g/mol. The highest BCUT2D eigenvalue weighted by Gasteiger charge is 2.17. The maximum absolute atomic E-state index is 13.3. The number of rotatable bonds is 13. The highest BCUT2D eigenvalue weighted by atomic mass is 35.5. The van der Waals surface area contributed by atoms with Gasteiger partial charge in [-0.2, -0.15) is 0 Å². The number of Topliss-reactive ketones (excluding diaryl/α,β-unsaturated/α-hetero) is 1. The summed E-state index contributed by atoms with van der Waals surface area (Å²) in [5.74, 6) is 1.61. The van der Waals surface area contributed by atoms with E-state index in [2.05, 4.69) is 35.5 Å². The smallest absolute Gasteiger partial charge is 0.193 e. The molecule has 0 bridgehead atoms. The van der Waals surface area contributed by atoms with E-state index in [0.29, 0.717) is 30.1 Å². The van der Waals surface area contributed by atoms with E-state index in [1.54, 1.807) is 11.8 Å². The Morgan fingerprint density at radius 2 is 1.56 bits per heavy atom. The van der Waals surface area contributed by atoms with Crippen molar-refractivity contribution < 1.29 is 14.4 Å². The van der Waals surface area contributed by atoms with Crippen molar-refractivity contribution in [3.8, 4) is 0 Å². The van der Waals surface area contributed by atoms with E-state index in [4.69, 9.17) is 11.6 Å². The quantitative estimate of drug-likeness (QED) is 0.0420. The number of halogens is 1. The summed E-state index contributed by atoms with van der Waals surface area (Å²) in [5, 5.41) is 5.00. The molecule has 1 heterocycles. The number of fused-ring (bicyclic) bond motifs is 3. The fourth-order valence-corrected chi connectivity index (χ4v) is 6.15. The van der Waals surface area contributed by atoms with Gasteiger partial charge in [-0.05, 0) is 105 Å². The van der Waals surface area contributed by atoms with Crippen molar-refractivity contribution in [3.63, 3.8) is 0 Å². The van der Waals surface area contributed by atoms with Gasteiger partial charge >= 0.3 is 0 Å². The molecule has 0 saturated carbocycles. The Hall–Kier alpha value is -3.94. The molecule has 234 valence electrons. The van der Waals surface area contributed by atoms with Crippen LogP contribution >= 0.6 is 23.4 Å². The van der Waals surface area contributed by atoms with Crippen LogP contribution in [0.2, 0.25) is 5.02 Å². The summed E-state index contributed by atoms with van der Waals surface area (Å²) in [7, 11) is 0. The Labute approximate surface area is 274 Å². The summed E-state index contributed by atoms with van der Waals surface area (Å²) in [6.45, 7) is 9.45. The van der Waals surface area contributed by atoms with E-state index < -0.39 is 0 Å². The van der Waals surface area contributed by atoms with Crippen molar-refractivity contribution in [1.29, 1.82) is 0 Å². The largest absolute Gasteiger partial charge is 0.364 e. The van der Waals surface area contributed by atoms with E-state index in [1.807, 2.05) is 91.9 Å². The summed E-state index contributed by atoms with van der Waals surface area (Å²) in [6.07, 6.45) is 2.19. The minimum Gasteiger partial charge on any atom is -0.364 e. The molecule has 0 aliphatic heterocycles. The minimum atomic E-state index is 0.0165. The van der Waals surface area contributed by atoms with Crippen LogP contribution in [0.4, 0.5) is 0 Å².